The first kappa shape index (κ1) is 74.3. The van der Waals surface area contributed by atoms with Gasteiger partial charge in [-0.3, -0.25) is 0 Å². The molecule has 0 aromatic rings. The van der Waals surface area contributed by atoms with Gasteiger partial charge in [0.25, 0.3) is 0 Å². The molecule has 0 bridgehead atoms. The zero-order chi connectivity index (χ0) is 43.7. The van der Waals surface area contributed by atoms with Crippen molar-refractivity contribution >= 4 is 543 Å². The Balaban J connectivity index is 6.12. The van der Waals surface area contributed by atoms with Crippen LogP contribution in [0.25, 0.3) is 0 Å². The third-order valence-corrected chi connectivity index (χ3v) is 129. The van der Waals surface area contributed by atoms with Crippen LogP contribution in [-0.2, 0) is 536 Å². The van der Waals surface area contributed by atoms with Crippen LogP contribution in [0.5, 0.6) is 0 Å². The van der Waals surface area contributed by atoms with Crippen LogP contribution in [0.1, 0.15) is 0 Å². The molecule has 0 unspecified atom stereocenters. The van der Waals surface area contributed by atoms with Crippen molar-refractivity contribution in [2.24, 2.45) is 0 Å². The van der Waals surface area contributed by atoms with Crippen LogP contribution in [0.4, 0.5) is 0 Å². The second-order valence-electron chi connectivity index (χ2n) is 4.04. The van der Waals surface area contributed by atoms with Gasteiger partial charge in [0.05, 0.1) is 0 Å². The van der Waals surface area contributed by atoms with E-state index >= 15 is 0 Å². The predicted octanol–water partition coefficient (Wildman–Crippen LogP) is -0.525. The molecule has 0 atom stereocenters. The van der Waals surface area contributed by atoms with Crippen LogP contribution in [0.2, 0.25) is 0 Å². The molecule has 0 nitrogen and oxygen atoms in total. The van der Waals surface area contributed by atoms with Crippen LogP contribution in [0, 0.1) is 0 Å². The summed E-state index contributed by atoms with van der Waals surface area (Å²) in [6, 6.07) is 0. The van der Waals surface area contributed by atoms with Gasteiger partial charge in [-0.2, -0.15) is 0 Å². The zero-order valence-electron chi connectivity index (χ0n) is 25.1. The average molecular weight is 1930 g/mol. The molecule has 61 heteroatoms. The maximum atomic E-state index is 5.36. The SMILES string of the molecule is [B]=S=S=S=S=S=S=S=S=S=S=S=S=S=S=S=S=S=S=S=S=S=S=S=S=S=S=S=S=S=S=S=S=S=S=S=S=S=S=S=S=S=S=S=S=S=S=S=S=S=S=S=S=S=S=S=S=S=S=S=S. The van der Waals surface area contributed by atoms with E-state index in [0.29, 0.717) is 0 Å². The fraction of sp³-hybridized carbons (Fsp3) is 0. The maximum absolute atomic E-state index is 5.36. The van der Waals surface area contributed by atoms with E-state index < -0.39 is 0 Å². The molecular formula is BS60. The Bertz CT molecular complexity index is 4100. The second kappa shape index (κ2) is 73.3. The molecule has 0 spiro atoms. The van der Waals surface area contributed by atoms with Crippen molar-refractivity contribution in [3.8, 4) is 0 Å². The molecule has 0 fully saturated rings. The predicted molar refractivity (Wildman–Crippen MR) is 448 cm³/mol. The summed E-state index contributed by atoms with van der Waals surface area (Å²) in [7, 11) is 106. The standard InChI is InChI=1S/BS60/c1-3-5-7-9-11-13-15-17-19-21-23-25-27-29-31-33-35-37-39-41-43-45-47-49-51-53-55-57-59-61-60-58-56-54-52-50-48-46-44-42-40-38-36-34-32-30-28-26-24-22-20-18-16-14-12-10-8-6-4-2. The smallest absolute Gasteiger partial charge is 0 e. The van der Waals surface area contributed by atoms with E-state index in [4.69, 9.17) is 17.9 Å². The first-order chi connectivity index (χ1) is 30.4. The van der Waals surface area contributed by atoms with E-state index in [-0.39, 0.29) is 0 Å². The number of rotatable bonds is 0. The first-order valence-electron chi connectivity index (χ1n) is 10.1. The number of hydrogen-bond donors (Lipinski definition) is 0. The Morgan fingerprint density at radius 1 is 0.131 bits per heavy atom. The molecule has 0 heterocycles. The van der Waals surface area contributed by atoms with E-state index in [1.165, 1.54) is 18.6 Å². The molecule has 1 radical (unpaired) electrons. The molecule has 0 saturated heterocycles. The quantitative estimate of drug-likeness (QED) is 0.295. The fourth-order valence-electron chi connectivity index (χ4n) is 0.651. The summed E-state index contributed by atoms with van der Waals surface area (Å²) >= 11 is 4.82. The van der Waals surface area contributed by atoms with Crippen LogP contribution in [0.15, 0.2) is 0 Å². The van der Waals surface area contributed by atoms with Gasteiger partial charge in [0, 0.05) is 429 Å². The third-order valence-electron chi connectivity index (χ3n) is 1.62. The Hall–Kier alpha value is 13.3. The van der Waals surface area contributed by atoms with Crippen molar-refractivity contribution in [1.29, 1.82) is 0 Å². The van der Waals surface area contributed by atoms with Gasteiger partial charge in [0.2, 0.25) is 0 Å². The zero-order valence-corrected chi connectivity index (χ0v) is 74.1. The Kier molecular flexibility index (Phi) is 89.2. The summed E-state index contributed by atoms with van der Waals surface area (Å²) in [5, 5.41) is 0. The van der Waals surface area contributed by atoms with Crippen LogP contribution in [0.3, 0.4) is 0 Å². The minimum absolute atomic E-state index is 1.29. The molecule has 0 aliphatic carbocycles. The summed E-state index contributed by atoms with van der Waals surface area (Å²) < 4.78 is 0. The average Bonchev–Trinajstić information content (AvgIpc) is 3.27. The third kappa shape index (κ3) is 73.3. The normalized spacial score (nSPS) is 7.79. The van der Waals surface area contributed by atoms with Crippen molar-refractivity contribution in [3.63, 3.8) is 0 Å². The molecule has 0 aromatic carbocycles. The van der Waals surface area contributed by atoms with Crippen molar-refractivity contribution in [2.45, 2.75) is 0 Å². The van der Waals surface area contributed by atoms with Gasteiger partial charge in [-0.05, 0) is 0 Å². The molecular weight excluding hydrogens is 1930 g/mol. The Labute approximate surface area is 526 Å². The van der Waals surface area contributed by atoms with E-state index in [0.717, 1.165) is 0 Å². The fourth-order valence-corrected chi connectivity index (χ4v) is 156. The topological polar surface area (TPSA) is 0 Å². The summed E-state index contributed by atoms with van der Waals surface area (Å²) in [4.78, 5) is 0. The van der Waals surface area contributed by atoms with E-state index in [1.807, 2.05) is 391 Å². The summed E-state index contributed by atoms with van der Waals surface area (Å²) in [6.07, 6.45) is 0. The van der Waals surface area contributed by atoms with E-state index in [9.17, 15) is 0 Å². The van der Waals surface area contributed by atoms with E-state index in [1.54, 1.807) is 115 Å². The molecule has 61 heavy (non-hydrogen) atoms. The second-order valence-corrected chi connectivity index (χ2v) is 107. The minimum Gasteiger partial charge on any atom is 0 e. The number of hydrogen-bond acceptors (Lipinski definition) is 1. The van der Waals surface area contributed by atoms with Crippen molar-refractivity contribution in [1.82, 2.24) is 0 Å². The Morgan fingerprint density at radius 3 is 0.295 bits per heavy atom. The van der Waals surface area contributed by atoms with E-state index in [2.05, 4.69) is 0 Å². The summed E-state index contributed by atoms with van der Waals surface area (Å²) in [6.45, 7) is 5.36. The molecule has 0 rings (SSSR count). The van der Waals surface area contributed by atoms with Gasteiger partial charge in [-0.15, -0.1) is 0 Å². The van der Waals surface area contributed by atoms with Crippen LogP contribution >= 0.6 is 0 Å². The van der Waals surface area contributed by atoms with Crippen LogP contribution in [-0.4, -0.2) is 6.72 Å². The first-order valence-corrected chi connectivity index (χ1v) is 89.2. The van der Waals surface area contributed by atoms with Gasteiger partial charge in [0.1, 0.15) is 0 Å². The van der Waals surface area contributed by atoms with Crippen molar-refractivity contribution < 1.29 is 0 Å². The van der Waals surface area contributed by atoms with Crippen molar-refractivity contribution in [2.75, 3.05) is 0 Å². The molecule has 363 valence electrons. The molecule has 0 aliphatic heterocycles. The Morgan fingerprint density at radius 2 is 0.213 bits per heavy atom. The molecule has 0 aliphatic rings. The minimum atomic E-state index is 1.29. The molecule has 0 amide bonds. The summed E-state index contributed by atoms with van der Waals surface area (Å²) in [5.74, 6) is 0. The van der Waals surface area contributed by atoms with Gasteiger partial charge < -0.3 is 0 Å². The van der Waals surface area contributed by atoms with Gasteiger partial charge >= 0.3 is 114 Å². The van der Waals surface area contributed by atoms with Crippen molar-refractivity contribution in [3.05, 3.63) is 0 Å². The van der Waals surface area contributed by atoms with Gasteiger partial charge in [-0.25, -0.2) is 0 Å². The molecule has 0 saturated carbocycles. The van der Waals surface area contributed by atoms with Gasteiger partial charge in [-0.1, -0.05) is 0 Å². The van der Waals surface area contributed by atoms with Crippen LogP contribution < -0.4 is 0 Å². The molecule has 0 aromatic heterocycles. The molecule has 0 N–H and O–H groups in total. The monoisotopic (exact) mass is 1930 g/mol. The summed E-state index contributed by atoms with van der Waals surface area (Å²) in [5.41, 5.74) is 0. The van der Waals surface area contributed by atoms with Gasteiger partial charge in [0.15, 0.2) is 0 Å².